The molecule has 0 unspecified atom stereocenters. The smallest absolute Gasteiger partial charge is 0.259 e. The molecule has 0 fully saturated rings. The van der Waals surface area contributed by atoms with Crippen LogP contribution in [0, 0.1) is 23.7 Å². The number of aliphatic hydroxyl groups is 1. The van der Waals surface area contributed by atoms with Gasteiger partial charge in [-0.15, -0.1) is 0 Å². The molecule has 1 aromatic heterocycles. The Kier molecular flexibility index (Phi) is 9.18. The number of hydrogen-bond acceptors (Lipinski definition) is 7. The second-order valence-electron chi connectivity index (χ2n) is 9.59. The summed E-state index contributed by atoms with van der Waals surface area (Å²) in [6.45, 7) is 7.64. The van der Waals surface area contributed by atoms with E-state index in [2.05, 4.69) is 16.8 Å². The van der Waals surface area contributed by atoms with Gasteiger partial charge in [-0.1, -0.05) is 38.7 Å². The summed E-state index contributed by atoms with van der Waals surface area (Å²) in [5.74, 6) is 6.19. The van der Waals surface area contributed by atoms with E-state index in [1.54, 1.807) is 36.2 Å². The molecule has 3 atom stereocenters. The lowest BCUT2D eigenvalue weighted by Crippen LogP contribution is -2.50. The molecule has 9 nitrogen and oxygen atoms in total. The number of ether oxygens (including phenoxy) is 2. The Morgan fingerprint density at radius 2 is 2.03 bits per heavy atom. The summed E-state index contributed by atoms with van der Waals surface area (Å²) in [5, 5.41) is 9.83. The lowest BCUT2D eigenvalue weighted by atomic mass is 10.00. The summed E-state index contributed by atoms with van der Waals surface area (Å²) < 4.78 is 39.2. The van der Waals surface area contributed by atoms with Gasteiger partial charge in [0.1, 0.15) is 17.4 Å². The van der Waals surface area contributed by atoms with Crippen molar-refractivity contribution in [1.82, 2.24) is 14.2 Å². The minimum atomic E-state index is -3.85. The fourth-order valence-corrected chi connectivity index (χ4v) is 5.13. The van der Waals surface area contributed by atoms with Gasteiger partial charge in [-0.25, -0.2) is 13.4 Å². The molecule has 0 spiro atoms. The Labute approximate surface area is 219 Å². The van der Waals surface area contributed by atoms with Crippen molar-refractivity contribution in [1.29, 1.82) is 0 Å². The number of fused-ring (bicyclic) bond motifs is 1. The standard InChI is InChI=1S/C27H35N3O6S/c1-18(2)10-11-21-12-24-26(28-14-21)36-25(19(3)15-30(27(24)32)20(4)17-31)16-29(5)37(33,34)23-9-7-8-22(13-23)35-6/h7-9,12-14,18-20,25,31H,15-17H2,1-6H3/t19-,20-,25-/m0/s1. The number of benzene rings is 1. The van der Waals surface area contributed by atoms with Gasteiger partial charge in [0.2, 0.25) is 15.9 Å². The van der Waals surface area contributed by atoms with Crippen molar-refractivity contribution in [3.63, 3.8) is 0 Å². The molecule has 200 valence electrons. The molecule has 1 aliphatic rings. The van der Waals surface area contributed by atoms with E-state index in [-0.39, 0.29) is 53.8 Å². The average molecular weight is 530 g/mol. The highest BCUT2D eigenvalue weighted by molar-refractivity contribution is 7.89. The predicted molar refractivity (Wildman–Crippen MR) is 140 cm³/mol. The highest BCUT2D eigenvalue weighted by atomic mass is 32.2. The van der Waals surface area contributed by atoms with E-state index in [0.29, 0.717) is 11.3 Å². The number of aliphatic hydroxyl groups excluding tert-OH is 1. The monoisotopic (exact) mass is 529 g/mol. The zero-order chi connectivity index (χ0) is 27.3. The van der Waals surface area contributed by atoms with Crippen LogP contribution in [0.25, 0.3) is 0 Å². The van der Waals surface area contributed by atoms with Gasteiger partial charge in [0, 0.05) is 43.3 Å². The van der Waals surface area contributed by atoms with E-state index in [4.69, 9.17) is 9.47 Å². The van der Waals surface area contributed by atoms with Gasteiger partial charge in [-0.2, -0.15) is 4.31 Å². The topological polar surface area (TPSA) is 109 Å². The first-order valence-electron chi connectivity index (χ1n) is 12.2. The SMILES string of the molecule is COc1cccc(S(=O)(=O)N(C)C[C@@H]2Oc3ncc(C#CC(C)C)cc3C(=O)N([C@@H](C)CO)C[C@@H]2C)c1. The molecule has 0 aliphatic carbocycles. The maximum Gasteiger partial charge on any atom is 0.259 e. The predicted octanol–water partition coefficient (Wildman–Crippen LogP) is 2.64. The van der Waals surface area contributed by atoms with Crippen LogP contribution in [0.1, 0.15) is 43.6 Å². The van der Waals surface area contributed by atoms with E-state index in [1.165, 1.54) is 30.6 Å². The summed E-state index contributed by atoms with van der Waals surface area (Å²) in [5.41, 5.74) is 0.801. The Bertz CT molecular complexity index is 1280. The second-order valence-corrected chi connectivity index (χ2v) is 11.6. The first kappa shape index (κ1) is 28.4. The van der Waals surface area contributed by atoms with Gasteiger partial charge < -0.3 is 19.5 Å². The van der Waals surface area contributed by atoms with Crippen LogP contribution >= 0.6 is 0 Å². The second kappa shape index (κ2) is 11.9. The molecule has 1 aromatic carbocycles. The third-order valence-electron chi connectivity index (χ3n) is 6.21. The van der Waals surface area contributed by atoms with Crippen molar-refractivity contribution in [3.05, 3.63) is 47.7 Å². The third kappa shape index (κ3) is 6.60. The van der Waals surface area contributed by atoms with Crippen LogP contribution in [-0.2, 0) is 10.0 Å². The van der Waals surface area contributed by atoms with Crippen molar-refractivity contribution in [2.75, 3.05) is 33.9 Å². The number of carbonyl (C=O) groups excluding carboxylic acids is 1. The van der Waals surface area contributed by atoms with Crippen molar-refractivity contribution < 1.29 is 27.8 Å². The van der Waals surface area contributed by atoms with E-state index >= 15 is 0 Å². The lowest BCUT2D eigenvalue weighted by molar-refractivity contribution is 0.0373. The number of pyridine rings is 1. The molecule has 0 bridgehead atoms. The minimum absolute atomic E-state index is 0.0201. The van der Waals surface area contributed by atoms with Crippen molar-refractivity contribution in [2.24, 2.45) is 11.8 Å². The fraction of sp³-hybridized carbons (Fsp3) is 0.481. The highest BCUT2D eigenvalue weighted by Crippen LogP contribution is 2.28. The van der Waals surface area contributed by atoms with Crippen molar-refractivity contribution >= 4 is 15.9 Å². The molecular weight excluding hydrogens is 494 g/mol. The van der Waals surface area contributed by atoms with Gasteiger partial charge in [-0.05, 0) is 25.1 Å². The van der Waals surface area contributed by atoms with Crippen LogP contribution in [0.5, 0.6) is 11.6 Å². The first-order chi connectivity index (χ1) is 17.5. The Balaban J connectivity index is 1.98. The first-order valence-corrected chi connectivity index (χ1v) is 13.6. The normalized spacial score (nSPS) is 18.8. The van der Waals surface area contributed by atoms with E-state index in [9.17, 15) is 18.3 Å². The van der Waals surface area contributed by atoms with Gasteiger partial charge in [-0.3, -0.25) is 4.79 Å². The molecule has 1 aliphatic heterocycles. The molecular formula is C27H35N3O6S. The number of rotatable bonds is 7. The van der Waals surface area contributed by atoms with Crippen LogP contribution in [-0.4, -0.2) is 79.6 Å². The molecule has 3 rings (SSSR count). The number of nitrogens with zero attached hydrogens (tertiary/aromatic N) is 3. The fourth-order valence-electron chi connectivity index (χ4n) is 3.91. The number of aromatic nitrogens is 1. The van der Waals surface area contributed by atoms with Crippen LogP contribution < -0.4 is 9.47 Å². The number of hydrogen-bond donors (Lipinski definition) is 1. The van der Waals surface area contributed by atoms with Gasteiger partial charge in [0.15, 0.2) is 0 Å². The number of amides is 1. The van der Waals surface area contributed by atoms with Crippen LogP contribution in [0.2, 0.25) is 0 Å². The molecule has 2 aromatic rings. The van der Waals surface area contributed by atoms with E-state index < -0.39 is 22.2 Å². The summed E-state index contributed by atoms with van der Waals surface area (Å²) in [4.78, 5) is 19.6. The van der Waals surface area contributed by atoms with Gasteiger partial charge in [0.25, 0.3) is 5.91 Å². The molecule has 0 radical (unpaired) electrons. The van der Waals surface area contributed by atoms with E-state index in [0.717, 1.165) is 0 Å². The van der Waals surface area contributed by atoms with Gasteiger partial charge in [0.05, 0.1) is 31.2 Å². The number of carbonyl (C=O) groups is 1. The summed E-state index contributed by atoms with van der Waals surface area (Å²) in [7, 11) is -0.882. The Morgan fingerprint density at radius 1 is 1.30 bits per heavy atom. The van der Waals surface area contributed by atoms with Gasteiger partial charge >= 0.3 is 0 Å². The molecule has 1 amide bonds. The molecule has 37 heavy (non-hydrogen) atoms. The van der Waals surface area contributed by atoms with E-state index in [1.807, 2.05) is 20.8 Å². The number of methoxy groups -OCH3 is 1. The number of sulfonamides is 1. The largest absolute Gasteiger partial charge is 0.497 e. The Morgan fingerprint density at radius 3 is 2.68 bits per heavy atom. The lowest BCUT2D eigenvalue weighted by Gasteiger charge is -2.37. The highest BCUT2D eigenvalue weighted by Gasteiger charge is 2.36. The number of likely N-dealkylation sites (N-methyl/N-ethyl adjacent to an activating group) is 1. The zero-order valence-corrected chi connectivity index (χ0v) is 22.9. The van der Waals surface area contributed by atoms with Crippen molar-refractivity contribution in [2.45, 2.75) is 44.7 Å². The maximum atomic E-state index is 13.5. The molecule has 1 N–H and O–H groups in total. The molecule has 2 heterocycles. The average Bonchev–Trinajstić information content (AvgIpc) is 2.88. The summed E-state index contributed by atoms with van der Waals surface area (Å²) in [6, 6.07) is 7.46. The zero-order valence-electron chi connectivity index (χ0n) is 22.1. The third-order valence-corrected chi connectivity index (χ3v) is 8.03. The minimum Gasteiger partial charge on any atom is -0.497 e. The molecule has 10 heteroatoms. The molecule has 0 saturated heterocycles. The maximum absolute atomic E-state index is 13.5. The van der Waals surface area contributed by atoms with Crippen LogP contribution in [0.15, 0.2) is 41.4 Å². The molecule has 0 saturated carbocycles. The van der Waals surface area contributed by atoms with Crippen LogP contribution in [0.4, 0.5) is 0 Å². The summed E-state index contributed by atoms with van der Waals surface area (Å²) in [6.07, 6.45) is 0.923. The summed E-state index contributed by atoms with van der Waals surface area (Å²) >= 11 is 0. The van der Waals surface area contributed by atoms with Crippen LogP contribution in [0.3, 0.4) is 0 Å². The quantitative estimate of drug-likeness (QED) is 0.549. The van der Waals surface area contributed by atoms with Crippen molar-refractivity contribution in [3.8, 4) is 23.5 Å². The Hall–Kier alpha value is -3.13.